The molecule has 156 valence electrons. The summed E-state index contributed by atoms with van der Waals surface area (Å²) in [6, 6.07) is 18.4. The van der Waals surface area contributed by atoms with Crippen molar-refractivity contribution in [3.8, 4) is 5.75 Å². The molecule has 3 aromatic carbocycles. The fraction of sp³-hybridized carbons (Fsp3) is 0.174. The van der Waals surface area contributed by atoms with Crippen LogP contribution in [0.3, 0.4) is 0 Å². The van der Waals surface area contributed by atoms with Gasteiger partial charge in [-0.1, -0.05) is 54.1 Å². The molecule has 5 nitrogen and oxygen atoms in total. The van der Waals surface area contributed by atoms with Gasteiger partial charge in [0.2, 0.25) is 0 Å². The van der Waals surface area contributed by atoms with E-state index in [2.05, 4.69) is 5.32 Å². The molecule has 3 aromatic rings. The number of amides is 1. The Kier molecular flexibility index (Phi) is 7.41. The van der Waals surface area contributed by atoms with E-state index in [0.29, 0.717) is 5.02 Å². The third-order valence-corrected chi connectivity index (χ3v) is 4.79. The van der Waals surface area contributed by atoms with E-state index in [4.69, 9.17) is 16.3 Å². The van der Waals surface area contributed by atoms with E-state index in [0.717, 1.165) is 23.3 Å². The molecule has 0 aliphatic rings. The first-order valence-electron chi connectivity index (χ1n) is 9.27. The topological polar surface area (TPSA) is 78.8 Å². The van der Waals surface area contributed by atoms with Gasteiger partial charge in [0.1, 0.15) is 11.6 Å². The molecule has 0 radical (unpaired) electrons. The first-order chi connectivity index (χ1) is 14.5. The molecule has 30 heavy (non-hydrogen) atoms. The van der Waals surface area contributed by atoms with E-state index in [1.54, 1.807) is 12.1 Å². The lowest BCUT2D eigenvalue weighted by molar-refractivity contribution is -0.123. The van der Waals surface area contributed by atoms with Gasteiger partial charge in [-0.15, -0.1) is 0 Å². The fourth-order valence-corrected chi connectivity index (χ4v) is 3.26. The van der Waals surface area contributed by atoms with Crippen molar-refractivity contribution in [1.82, 2.24) is 5.32 Å². The van der Waals surface area contributed by atoms with Crippen LogP contribution in [0, 0.1) is 5.82 Å². The molecule has 3 rings (SSSR count). The average molecular weight is 430 g/mol. The summed E-state index contributed by atoms with van der Waals surface area (Å²) < 4.78 is 19.1. The van der Waals surface area contributed by atoms with Gasteiger partial charge in [0.05, 0.1) is 19.3 Å². The number of hydrogen-bond acceptors (Lipinski definition) is 4. The SMILES string of the molecule is O=C(COc1c(CO)cc(F)cc1CO)NC(c1ccccc1)c1ccc(Cl)cc1. The van der Waals surface area contributed by atoms with Gasteiger partial charge in [0.15, 0.2) is 6.61 Å². The third-order valence-electron chi connectivity index (χ3n) is 4.54. The van der Waals surface area contributed by atoms with Gasteiger partial charge in [-0.25, -0.2) is 4.39 Å². The maximum absolute atomic E-state index is 13.6. The Morgan fingerprint density at radius 1 is 0.967 bits per heavy atom. The Morgan fingerprint density at radius 2 is 1.53 bits per heavy atom. The van der Waals surface area contributed by atoms with Crippen LogP contribution in [0.25, 0.3) is 0 Å². The number of rotatable bonds is 8. The van der Waals surface area contributed by atoms with Crippen LogP contribution in [0.2, 0.25) is 5.02 Å². The van der Waals surface area contributed by atoms with E-state index in [9.17, 15) is 19.4 Å². The van der Waals surface area contributed by atoms with Gasteiger partial charge in [-0.2, -0.15) is 0 Å². The summed E-state index contributed by atoms with van der Waals surface area (Å²) in [7, 11) is 0. The Hall–Kier alpha value is -2.93. The summed E-state index contributed by atoms with van der Waals surface area (Å²) >= 11 is 5.98. The Balaban J connectivity index is 1.78. The molecule has 1 unspecified atom stereocenters. The lowest BCUT2D eigenvalue weighted by Gasteiger charge is -2.21. The molecular formula is C23H21ClFNO4. The van der Waals surface area contributed by atoms with E-state index in [1.165, 1.54) is 0 Å². The maximum atomic E-state index is 13.6. The predicted octanol–water partition coefficient (Wildman–Crippen LogP) is 3.75. The van der Waals surface area contributed by atoms with Crippen LogP contribution >= 0.6 is 11.6 Å². The van der Waals surface area contributed by atoms with Gasteiger partial charge in [-0.05, 0) is 35.4 Å². The maximum Gasteiger partial charge on any atom is 0.258 e. The summed E-state index contributed by atoms with van der Waals surface area (Å²) in [5.41, 5.74) is 2.03. The van der Waals surface area contributed by atoms with Gasteiger partial charge >= 0.3 is 0 Å². The second kappa shape index (κ2) is 10.2. The number of aliphatic hydroxyl groups excluding tert-OH is 2. The number of carbonyl (C=O) groups excluding carboxylic acids is 1. The minimum Gasteiger partial charge on any atom is -0.483 e. The fourth-order valence-electron chi connectivity index (χ4n) is 3.13. The molecule has 0 aliphatic carbocycles. The van der Waals surface area contributed by atoms with Crippen molar-refractivity contribution in [2.45, 2.75) is 19.3 Å². The number of nitrogens with one attached hydrogen (secondary N) is 1. The zero-order valence-electron chi connectivity index (χ0n) is 16.0. The molecule has 0 heterocycles. The average Bonchev–Trinajstić information content (AvgIpc) is 2.77. The summed E-state index contributed by atoms with van der Waals surface area (Å²) in [6.07, 6.45) is 0. The Labute approximate surface area is 178 Å². The lowest BCUT2D eigenvalue weighted by atomic mass is 9.99. The van der Waals surface area contributed by atoms with Crippen LogP contribution in [0.4, 0.5) is 4.39 Å². The Morgan fingerprint density at radius 3 is 2.10 bits per heavy atom. The van der Waals surface area contributed by atoms with Crippen molar-refractivity contribution in [3.05, 3.63) is 99.8 Å². The first kappa shape index (κ1) is 21.8. The van der Waals surface area contributed by atoms with E-state index in [1.807, 2.05) is 42.5 Å². The quantitative estimate of drug-likeness (QED) is 0.509. The van der Waals surface area contributed by atoms with Crippen LogP contribution in [0.1, 0.15) is 28.3 Å². The molecule has 1 atom stereocenters. The van der Waals surface area contributed by atoms with Gasteiger partial charge < -0.3 is 20.3 Å². The van der Waals surface area contributed by atoms with Crippen molar-refractivity contribution in [3.63, 3.8) is 0 Å². The lowest BCUT2D eigenvalue weighted by Crippen LogP contribution is -2.33. The number of halogens is 2. The summed E-state index contributed by atoms with van der Waals surface area (Å²) in [5.74, 6) is -0.929. The minimum absolute atomic E-state index is 0.0966. The highest BCUT2D eigenvalue weighted by molar-refractivity contribution is 6.30. The second-order valence-electron chi connectivity index (χ2n) is 6.62. The number of benzene rings is 3. The van der Waals surface area contributed by atoms with Crippen LogP contribution in [-0.4, -0.2) is 22.7 Å². The van der Waals surface area contributed by atoms with E-state index in [-0.39, 0.29) is 23.5 Å². The number of aliphatic hydroxyl groups is 2. The van der Waals surface area contributed by atoms with Crippen LogP contribution in [0.5, 0.6) is 5.75 Å². The van der Waals surface area contributed by atoms with Crippen molar-refractivity contribution in [2.24, 2.45) is 0 Å². The van der Waals surface area contributed by atoms with Crippen molar-refractivity contribution in [1.29, 1.82) is 0 Å². The molecule has 0 aliphatic heterocycles. The summed E-state index contributed by atoms with van der Waals surface area (Å²) in [4.78, 5) is 12.6. The second-order valence-corrected chi connectivity index (χ2v) is 7.06. The molecule has 0 bridgehead atoms. The molecule has 7 heteroatoms. The molecule has 3 N–H and O–H groups in total. The number of carbonyl (C=O) groups is 1. The summed E-state index contributed by atoms with van der Waals surface area (Å²) in [5, 5.41) is 22.4. The number of ether oxygens (including phenoxy) is 1. The molecule has 0 spiro atoms. The largest absolute Gasteiger partial charge is 0.483 e. The zero-order valence-corrected chi connectivity index (χ0v) is 16.8. The Bertz CT molecular complexity index is 971. The normalized spacial score (nSPS) is 11.7. The molecule has 0 saturated carbocycles. The predicted molar refractivity (Wildman–Crippen MR) is 112 cm³/mol. The molecular weight excluding hydrogens is 409 g/mol. The molecule has 1 amide bonds. The van der Waals surface area contributed by atoms with Crippen LogP contribution in [0.15, 0.2) is 66.7 Å². The van der Waals surface area contributed by atoms with E-state index < -0.39 is 31.0 Å². The smallest absolute Gasteiger partial charge is 0.258 e. The molecule has 0 saturated heterocycles. The van der Waals surface area contributed by atoms with Crippen molar-refractivity contribution < 1.29 is 24.1 Å². The van der Waals surface area contributed by atoms with E-state index >= 15 is 0 Å². The summed E-state index contributed by atoms with van der Waals surface area (Å²) in [6.45, 7) is -1.35. The number of hydrogen-bond donors (Lipinski definition) is 3. The van der Waals surface area contributed by atoms with Crippen molar-refractivity contribution >= 4 is 17.5 Å². The highest BCUT2D eigenvalue weighted by Gasteiger charge is 2.19. The molecule has 0 aromatic heterocycles. The first-order valence-corrected chi connectivity index (χ1v) is 9.65. The van der Waals surface area contributed by atoms with Gasteiger partial charge in [-0.3, -0.25) is 4.79 Å². The van der Waals surface area contributed by atoms with Gasteiger partial charge in [0.25, 0.3) is 5.91 Å². The van der Waals surface area contributed by atoms with Crippen LogP contribution in [-0.2, 0) is 18.0 Å². The third kappa shape index (κ3) is 5.36. The minimum atomic E-state index is -0.605. The highest BCUT2D eigenvalue weighted by Crippen LogP contribution is 2.27. The zero-order chi connectivity index (χ0) is 21.5. The standard InChI is InChI=1S/C23H21ClFNO4/c24-19-8-6-16(7-9-19)22(15-4-2-1-3-5-15)26-21(29)14-30-23-17(12-27)10-20(25)11-18(23)13-28/h1-11,22,27-28H,12-14H2,(H,26,29). The molecule has 0 fully saturated rings. The highest BCUT2D eigenvalue weighted by atomic mass is 35.5. The monoisotopic (exact) mass is 429 g/mol. The van der Waals surface area contributed by atoms with Crippen molar-refractivity contribution in [2.75, 3.05) is 6.61 Å². The van der Waals surface area contributed by atoms with Crippen LogP contribution < -0.4 is 10.1 Å². The van der Waals surface area contributed by atoms with Gasteiger partial charge in [0, 0.05) is 16.1 Å².